The molecule has 2 aliphatic rings. The zero-order chi connectivity index (χ0) is 43.7. The highest BCUT2D eigenvalue weighted by atomic mass is 16.5. The standard InChI is InChI=1S/C36H38N4O4.C13H15N3O3/c41-35-37-33-18-7-8-19-34(33)40(35)30-20-22-39(36(42)43)29(24-30)14-10-21-38(25-27-11-3-1-4-12-27)26-28-13-9-17-32(23-28)44-31-15-5-2-6-16-31;17-12-14-10-3-1-2-4-11(10)16(12)9-5-7-15(8-6-9)13(18)19/h1-9,11-13,15-19,23,29-30H,10,14,20-22,24-26H2,(H,37,41)(H,42,43);1-4,9H,5-8H2,(H,14,17)(H,18,19)/t29-,30?;/m0./s1. The zero-order valence-electron chi connectivity index (χ0n) is 35.1. The van der Waals surface area contributed by atoms with Crippen molar-refractivity contribution in [3.8, 4) is 11.5 Å². The maximum atomic E-state index is 12.9. The Labute approximate surface area is 364 Å². The molecule has 326 valence electrons. The number of aromatic amines is 2. The molecule has 0 bridgehead atoms. The molecule has 0 aliphatic carbocycles. The van der Waals surface area contributed by atoms with E-state index in [1.54, 1.807) is 9.47 Å². The summed E-state index contributed by atoms with van der Waals surface area (Å²) >= 11 is 0. The van der Waals surface area contributed by atoms with Crippen molar-refractivity contribution in [3.63, 3.8) is 0 Å². The van der Waals surface area contributed by atoms with Gasteiger partial charge in [0.2, 0.25) is 0 Å². The summed E-state index contributed by atoms with van der Waals surface area (Å²) in [5.74, 6) is 1.60. The number of hydrogen-bond donors (Lipinski definition) is 4. The van der Waals surface area contributed by atoms with E-state index < -0.39 is 12.2 Å². The predicted octanol–water partition coefficient (Wildman–Crippen LogP) is 8.93. The second-order valence-corrected chi connectivity index (χ2v) is 16.3. The first kappa shape index (κ1) is 42.6. The molecule has 1 unspecified atom stereocenters. The van der Waals surface area contributed by atoms with E-state index in [4.69, 9.17) is 9.84 Å². The minimum absolute atomic E-state index is 0.0490. The first-order valence-corrected chi connectivity index (χ1v) is 21.6. The van der Waals surface area contributed by atoms with Crippen molar-refractivity contribution in [2.24, 2.45) is 0 Å². The summed E-state index contributed by atoms with van der Waals surface area (Å²) in [7, 11) is 0. The van der Waals surface area contributed by atoms with Crippen LogP contribution in [0.2, 0.25) is 0 Å². The Kier molecular flexibility index (Phi) is 13.4. The van der Waals surface area contributed by atoms with Gasteiger partial charge in [-0.2, -0.15) is 0 Å². The van der Waals surface area contributed by atoms with Crippen molar-refractivity contribution >= 4 is 34.3 Å². The van der Waals surface area contributed by atoms with E-state index in [1.165, 1.54) is 10.5 Å². The van der Waals surface area contributed by atoms with Crippen molar-refractivity contribution < 1.29 is 24.5 Å². The van der Waals surface area contributed by atoms with Gasteiger partial charge in [-0.25, -0.2) is 19.2 Å². The van der Waals surface area contributed by atoms with E-state index in [9.17, 15) is 24.3 Å². The number of imidazole rings is 2. The number of carboxylic acid groups (broad SMARTS) is 2. The number of H-pyrrole nitrogens is 2. The van der Waals surface area contributed by atoms with E-state index in [0.717, 1.165) is 71.6 Å². The molecule has 2 fully saturated rings. The first-order valence-electron chi connectivity index (χ1n) is 21.6. The van der Waals surface area contributed by atoms with Crippen LogP contribution in [0.25, 0.3) is 22.1 Å². The normalized spacial score (nSPS) is 16.8. The van der Waals surface area contributed by atoms with Gasteiger partial charge in [0.15, 0.2) is 0 Å². The van der Waals surface area contributed by atoms with Crippen LogP contribution in [0.4, 0.5) is 9.59 Å². The third-order valence-electron chi connectivity index (χ3n) is 12.2. The van der Waals surface area contributed by atoms with Gasteiger partial charge in [0.1, 0.15) is 11.5 Å². The summed E-state index contributed by atoms with van der Waals surface area (Å²) in [6.45, 7) is 3.70. The third-order valence-corrected chi connectivity index (χ3v) is 12.2. The number of para-hydroxylation sites is 5. The fourth-order valence-electron chi connectivity index (χ4n) is 9.18. The fourth-order valence-corrected chi connectivity index (χ4v) is 9.18. The quantitative estimate of drug-likeness (QED) is 0.0945. The van der Waals surface area contributed by atoms with E-state index in [2.05, 4.69) is 51.3 Å². The van der Waals surface area contributed by atoms with Gasteiger partial charge in [-0.05, 0) is 105 Å². The lowest BCUT2D eigenvalue weighted by Crippen LogP contribution is -2.47. The molecule has 0 radical (unpaired) electrons. The Balaban J connectivity index is 0.000000238. The molecular formula is C49H53N7O7. The lowest BCUT2D eigenvalue weighted by atomic mass is 9.93. The number of likely N-dealkylation sites (tertiary alicyclic amines) is 2. The maximum absolute atomic E-state index is 12.9. The summed E-state index contributed by atoms with van der Waals surface area (Å²) in [5.41, 5.74) is 5.53. The molecule has 5 aromatic carbocycles. The number of piperidine rings is 2. The van der Waals surface area contributed by atoms with Gasteiger partial charge in [-0.15, -0.1) is 0 Å². The molecular weight excluding hydrogens is 799 g/mol. The molecule has 4 heterocycles. The van der Waals surface area contributed by atoms with Crippen molar-refractivity contribution in [2.75, 3.05) is 26.2 Å². The number of amides is 2. The van der Waals surface area contributed by atoms with E-state index in [0.29, 0.717) is 45.3 Å². The molecule has 2 aromatic heterocycles. The summed E-state index contributed by atoms with van der Waals surface area (Å²) < 4.78 is 9.67. The van der Waals surface area contributed by atoms with Gasteiger partial charge in [0.25, 0.3) is 0 Å². The first-order chi connectivity index (χ1) is 30.7. The van der Waals surface area contributed by atoms with Crippen LogP contribution in [0.15, 0.2) is 143 Å². The number of benzene rings is 5. The number of nitrogens with one attached hydrogen (secondary N) is 2. The minimum Gasteiger partial charge on any atom is -0.465 e. The Morgan fingerprint density at radius 2 is 1.16 bits per heavy atom. The summed E-state index contributed by atoms with van der Waals surface area (Å²) in [5, 5.41) is 18.9. The Morgan fingerprint density at radius 1 is 0.619 bits per heavy atom. The van der Waals surface area contributed by atoms with Gasteiger partial charge in [-0.3, -0.25) is 14.0 Å². The van der Waals surface area contributed by atoms with Crippen LogP contribution in [-0.4, -0.2) is 88.4 Å². The SMILES string of the molecule is O=C(O)N1CCC(n2c(=O)[nH]c3ccccc32)CC1.O=C(O)N1CCC(n2c(=O)[nH]c3ccccc32)C[C@@H]1CCCN(Cc1ccccc1)Cc1cccc(Oc2ccccc2)c1. The average Bonchev–Trinajstić information content (AvgIpc) is 3.82. The molecule has 4 N–H and O–H groups in total. The van der Waals surface area contributed by atoms with Gasteiger partial charge in [0, 0.05) is 50.8 Å². The van der Waals surface area contributed by atoms with Gasteiger partial charge in [-0.1, -0.05) is 84.9 Å². The Hall–Kier alpha value is -7.06. The van der Waals surface area contributed by atoms with Gasteiger partial charge in [0.05, 0.1) is 22.1 Å². The highest BCUT2D eigenvalue weighted by Gasteiger charge is 2.33. The molecule has 0 spiro atoms. The highest BCUT2D eigenvalue weighted by molar-refractivity contribution is 5.76. The topological polar surface area (TPSA) is 169 Å². The average molecular weight is 852 g/mol. The second-order valence-electron chi connectivity index (χ2n) is 16.3. The van der Waals surface area contributed by atoms with Crippen LogP contribution < -0.4 is 16.1 Å². The molecule has 2 atom stereocenters. The van der Waals surface area contributed by atoms with Crippen LogP contribution >= 0.6 is 0 Å². The summed E-state index contributed by atoms with van der Waals surface area (Å²) in [6, 6.07) is 43.5. The number of ether oxygens (including phenoxy) is 1. The molecule has 9 rings (SSSR count). The Bertz CT molecular complexity index is 2740. The van der Waals surface area contributed by atoms with Gasteiger partial charge >= 0.3 is 23.6 Å². The smallest absolute Gasteiger partial charge is 0.407 e. The van der Waals surface area contributed by atoms with Crippen molar-refractivity contribution in [3.05, 3.63) is 166 Å². The number of carbonyl (C=O) groups is 2. The summed E-state index contributed by atoms with van der Waals surface area (Å²) in [6.07, 6.45) is 2.36. The Morgan fingerprint density at radius 3 is 1.79 bits per heavy atom. The zero-order valence-corrected chi connectivity index (χ0v) is 35.1. The lowest BCUT2D eigenvalue weighted by Gasteiger charge is -2.38. The summed E-state index contributed by atoms with van der Waals surface area (Å²) in [4.78, 5) is 59.2. The minimum atomic E-state index is -0.893. The van der Waals surface area contributed by atoms with Crippen molar-refractivity contribution in [1.29, 1.82) is 0 Å². The van der Waals surface area contributed by atoms with Crippen LogP contribution in [0.1, 0.15) is 61.7 Å². The van der Waals surface area contributed by atoms with E-state index >= 15 is 0 Å². The molecule has 2 amide bonds. The molecule has 2 saturated heterocycles. The monoisotopic (exact) mass is 851 g/mol. The van der Waals surface area contributed by atoms with Crippen LogP contribution in [-0.2, 0) is 13.1 Å². The van der Waals surface area contributed by atoms with Crippen LogP contribution in [0, 0.1) is 0 Å². The van der Waals surface area contributed by atoms with Crippen molar-refractivity contribution in [1.82, 2.24) is 33.8 Å². The number of aromatic nitrogens is 4. The van der Waals surface area contributed by atoms with Gasteiger partial charge < -0.3 is 34.7 Å². The number of hydrogen-bond acceptors (Lipinski definition) is 6. The predicted molar refractivity (Wildman–Crippen MR) is 243 cm³/mol. The molecule has 14 nitrogen and oxygen atoms in total. The number of rotatable bonds is 12. The largest absolute Gasteiger partial charge is 0.465 e. The molecule has 0 saturated carbocycles. The maximum Gasteiger partial charge on any atom is 0.407 e. The number of nitrogens with zero attached hydrogens (tertiary/aromatic N) is 5. The van der Waals surface area contributed by atoms with Crippen molar-refractivity contribution in [2.45, 2.75) is 69.7 Å². The third kappa shape index (κ3) is 10.4. The van der Waals surface area contributed by atoms with Crippen LogP contribution in [0.3, 0.4) is 0 Å². The molecule has 14 heteroatoms. The van der Waals surface area contributed by atoms with E-state index in [1.807, 2.05) is 102 Å². The second kappa shape index (κ2) is 19.8. The molecule has 7 aromatic rings. The van der Waals surface area contributed by atoms with Crippen LogP contribution in [0.5, 0.6) is 11.5 Å². The fraction of sp³-hybridized carbons (Fsp3) is 0.306. The molecule has 2 aliphatic heterocycles. The number of fused-ring (bicyclic) bond motifs is 2. The molecule has 63 heavy (non-hydrogen) atoms. The lowest BCUT2D eigenvalue weighted by molar-refractivity contribution is 0.0853. The van der Waals surface area contributed by atoms with E-state index in [-0.39, 0.29) is 29.5 Å². The highest BCUT2D eigenvalue weighted by Crippen LogP contribution is 2.32.